The molecule has 0 aliphatic rings. The number of nitrogens with zero attached hydrogens (tertiary/aromatic N) is 2. The highest BCUT2D eigenvalue weighted by molar-refractivity contribution is 7.99. The van der Waals surface area contributed by atoms with Gasteiger partial charge in [0.1, 0.15) is 0 Å². The number of hydrogen-bond acceptors (Lipinski definition) is 3. The summed E-state index contributed by atoms with van der Waals surface area (Å²) in [5.74, 6) is 3.56. The molecule has 76 valence electrons. The van der Waals surface area contributed by atoms with Crippen LogP contribution in [0.2, 0.25) is 0 Å². The summed E-state index contributed by atoms with van der Waals surface area (Å²) in [7, 11) is 1.96. The van der Waals surface area contributed by atoms with Gasteiger partial charge in [0.2, 0.25) is 0 Å². The number of aromatic nitrogens is 2. The van der Waals surface area contributed by atoms with Gasteiger partial charge in [-0.15, -0.1) is 18.2 Å². The number of terminal acetylenes is 1. The molecule has 0 aliphatic heterocycles. The van der Waals surface area contributed by atoms with Crippen molar-refractivity contribution in [1.29, 1.82) is 0 Å². The maximum Gasteiger partial charge on any atom is 0.0939 e. The van der Waals surface area contributed by atoms with Crippen molar-refractivity contribution in [3.63, 3.8) is 0 Å². The van der Waals surface area contributed by atoms with E-state index in [4.69, 9.17) is 6.42 Å². The normalized spacial score (nSPS) is 10.1. The van der Waals surface area contributed by atoms with Gasteiger partial charge in [0, 0.05) is 19.3 Å². The number of rotatable bonds is 5. The van der Waals surface area contributed by atoms with E-state index < -0.39 is 0 Å². The Morgan fingerprint density at radius 3 is 3.07 bits per heavy atom. The molecule has 0 radical (unpaired) electrons. The van der Waals surface area contributed by atoms with Crippen LogP contribution in [0.4, 0.5) is 0 Å². The summed E-state index contributed by atoms with van der Waals surface area (Å²) < 4.78 is 1.90. The van der Waals surface area contributed by atoms with Crippen LogP contribution in [0.5, 0.6) is 0 Å². The summed E-state index contributed by atoms with van der Waals surface area (Å²) in [6.07, 6.45) is 5.12. The van der Waals surface area contributed by atoms with E-state index in [2.05, 4.69) is 22.4 Å². The van der Waals surface area contributed by atoms with Crippen molar-refractivity contribution in [2.75, 3.05) is 18.8 Å². The lowest BCUT2D eigenvalue weighted by Crippen LogP contribution is -2.17. The van der Waals surface area contributed by atoms with Crippen molar-refractivity contribution in [2.45, 2.75) is 11.9 Å². The molecule has 0 bridgehead atoms. The molecule has 4 heteroatoms. The molecular weight excluding hydrogens is 194 g/mol. The maximum atomic E-state index is 5.12. The van der Waals surface area contributed by atoms with E-state index in [0.29, 0.717) is 6.54 Å². The molecule has 0 aromatic carbocycles. The van der Waals surface area contributed by atoms with Gasteiger partial charge in [0.15, 0.2) is 0 Å². The van der Waals surface area contributed by atoms with Crippen LogP contribution >= 0.6 is 11.8 Å². The molecule has 14 heavy (non-hydrogen) atoms. The van der Waals surface area contributed by atoms with Crippen molar-refractivity contribution >= 4 is 11.8 Å². The first-order chi connectivity index (χ1) is 6.74. The van der Waals surface area contributed by atoms with Gasteiger partial charge in [-0.1, -0.05) is 5.92 Å². The summed E-state index contributed by atoms with van der Waals surface area (Å²) in [4.78, 5) is 0. The molecule has 0 atom stereocenters. The van der Waals surface area contributed by atoms with E-state index in [1.807, 2.05) is 18.7 Å². The minimum Gasteiger partial charge on any atom is -0.305 e. The van der Waals surface area contributed by atoms with E-state index in [9.17, 15) is 0 Å². The molecule has 0 aliphatic carbocycles. The third-order valence-corrected chi connectivity index (χ3v) is 2.80. The van der Waals surface area contributed by atoms with Gasteiger partial charge in [-0.3, -0.25) is 4.68 Å². The van der Waals surface area contributed by atoms with Crippen molar-refractivity contribution in [2.24, 2.45) is 7.05 Å². The van der Waals surface area contributed by atoms with Crippen LogP contribution in [0.1, 0.15) is 5.69 Å². The van der Waals surface area contributed by atoms with Crippen molar-refractivity contribution in [3.8, 4) is 12.3 Å². The lowest BCUT2D eigenvalue weighted by molar-refractivity contribution is 0.691. The second kappa shape index (κ2) is 5.74. The minimum absolute atomic E-state index is 0.644. The van der Waals surface area contributed by atoms with Crippen LogP contribution < -0.4 is 5.32 Å². The number of hydrogen-bond donors (Lipinski definition) is 1. The smallest absolute Gasteiger partial charge is 0.0939 e. The fourth-order valence-electron chi connectivity index (χ4n) is 1.11. The van der Waals surface area contributed by atoms with E-state index in [1.165, 1.54) is 5.03 Å². The fourth-order valence-corrected chi connectivity index (χ4v) is 2.05. The van der Waals surface area contributed by atoms with Crippen molar-refractivity contribution < 1.29 is 0 Å². The first-order valence-electron chi connectivity index (χ1n) is 4.51. The highest BCUT2D eigenvalue weighted by atomic mass is 32.2. The number of nitrogens with one attached hydrogen (secondary N) is 1. The van der Waals surface area contributed by atoms with Crippen LogP contribution in [0, 0.1) is 19.3 Å². The van der Waals surface area contributed by atoms with Gasteiger partial charge in [-0.05, 0) is 13.0 Å². The molecule has 1 N–H and O–H groups in total. The monoisotopic (exact) mass is 209 g/mol. The van der Waals surface area contributed by atoms with E-state index in [0.717, 1.165) is 18.0 Å². The maximum absolute atomic E-state index is 5.12. The molecule has 0 spiro atoms. The summed E-state index contributed by atoms with van der Waals surface area (Å²) in [6.45, 7) is 3.57. The molecular formula is C10H15N3S. The van der Waals surface area contributed by atoms with Gasteiger partial charge >= 0.3 is 0 Å². The highest BCUT2D eigenvalue weighted by Gasteiger charge is 2.01. The molecule has 1 rings (SSSR count). The molecule has 1 aromatic heterocycles. The van der Waals surface area contributed by atoms with E-state index >= 15 is 0 Å². The Kier molecular flexibility index (Phi) is 4.57. The van der Waals surface area contributed by atoms with Gasteiger partial charge in [-0.25, -0.2) is 0 Å². The first kappa shape index (κ1) is 11.2. The van der Waals surface area contributed by atoms with Crippen LogP contribution in [0.3, 0.4) is 0 Å². The standard InChI is InChI=1S/C10H15N3S/c1-4-5-11-6-7-14-10-8-9(2)12-13(10)3/h1,8,11H,5-7H2,2-3H3. The Labute approximate surface area is 89.3 Å². The number of thioether (sulfide) groups is 1. The van der Waals surface area contributed by atoms with Gasteiger partial charge in [0.25, 0.3) is 0 Å². The molecule has 3 nitrogen and oxygen atoms in total. The van der Waals surface area contributed by atoms with E-state index in [-0.39, 0.29) is 0 Å². The third-order valence-electron chi connectivity index (χ3n) is 1.71. The quantitative estimate of drug-likeness (QED) is 0.446. The lowest BCUT2D eigenvalue weighted by atomic mass is 10.5. The van der Waals surface area contributed by atoms with E-state index in [1.54, 1.807) is 11.8 Å². The van der Waals surface area contributed by atoms with Crippen LogP contribution in [0.15, 0.2) is 11.1 Å². The Balaban J connectivity index is 2.25. The third kappa shape index (κ3) is 3.44. The molecule has 0 saturated heterocycles. The Hall–Kier alpha value is -0.920. The predicted octanol–water partition coefficient (Wildman–Crippen LogP) is 1.04. The fraction of sp³-hybridized carbons (Fsp3) is 0.500. The summed E-state index contributed by atoms with van der Waals surface area (Å²) in [5, 5.41) is 8.61. The Bertz CT molecular complexity index is 325. The molecule has 0 unspecified atom stereocenters. The van der Waals surface area contributed by atoms with Gasteiger partial charge < -0.3 is 5.32 Å². The SMILES string of the molecule is C#CCNCCSc1cc(C)nn1C. The van der Waals surface area contributed by atoms with Crippen LogP contribution in [-0.4, -0.2) is 28.6 Å². The second-order valence-electron chi connectivity index (χ2n) is 2.98. The zero-order valence-electron chi connectivity index (χ0n) is 8.58. The summed E-state index contributed by atoms with van der Waals surface area (Å²) >= 11 is 1.79. The Morgan fingerprint density at radius 1 is 1.71 bits per heavy atom. The zero-order chi connectivity index (χ0) is 10.4. The zero-order valence-corrected chi connectivity index (χ0v) is 9.40. The predicted molar refractivity (Wildman–Crippen MR) is 60.4 cm³/mol. The van der Waals surface area contributed by atoms with Gasteiger partial charge in [0.05, 0.1) is 17.3 Å². The molecule has 1 heterocycles. The molecule has 0 saturated carbocycles. The second-order valence-corrected chi connectivity index (χ2v) is 4.09. The molecule has 0 fully saturated rings. The van der Waals surface area contributed by atoms with Crippen molar-refractivity contribution in [3.05, 3.63) is 11.8 Å². The van der Waals surface area contributed by atoms with Crippen molar-refractivity contribution in [1.82, 2.24) is 15.1 Å². The average Bonchev–Trinajstić information content (AvgIpc) is 2.45. The minimum atomic E-state index is 0.644. The molecule has 1 aromatic rings. The molecule has 0 amide bonds. The topological polar surface area (TPSA) is 29.9 Å². The summed E-state index contributed by atoms with van der Waals surface area (Å²) in [6, 6.07) is 2.09. The number of aryl methyl sites for hydroxylation is 2. The van der Waals surface area contributed by atoms with Crippen LogP contribution in [0.25, 0.3) is 0 Å². The lowest BCUT2D eigenvalue weighted by Gasteiger charge is -2.01. The largest absolute Gasteiger partial charge is 0.305 e. The van der Waals surface area contributed by atoms with Crippen LogP contribution in [-0.2, 0) is 7.05 Å². The Morgan fingerprint density at radius 2 is 2.50 bits per heavy atom. The average molecular weight is 209 g/mol. The summed E-state index contributed by atoms with van der Waals surface area (Å²) in [5.41, 5.74) is 1.06. The first-order valence-corrected chi connectivity index (χ1v) is 5.50. The highest BCUT2D eigenvalue weighted by Crippen LogP contribution is 2.16. The van der Waals surface area contributed by atoms with Gasteiger partial charge in [-0.2, -0.15) is 5.10 Å².